The second-order valence-electron chi connectivity index (χ2n) is 7.76. The molecule has 2 atom stereocenters. The largest absolute Gasteiger partial charge is 0.331 e. The maximum Gasteiger partial charge on any atom is 0.243 e. The van der Waals surface area contributed by atoms with Gasteiger partial charge in [0, 0.05) is 18.9 Å². The van der Waals surface area contributed by atoms with Gasteiger partial charge in [-0.05, 0) is 30.4 Å². The first-order valence-corrected chi connectivity index (χ1v) is 10.1. The third-order valence-electron chi connectivity index (χ3n) is 5.64. The molecule has 3 amide bonds. The Morgan fingerprint density at radius 3 is 2.14 bits per heavy atom. The number of benzene rings is 2. The monoisotopic (exact) mass is 391 g/mol. The van der Waals surface area contributed by atoms with Crippen molar-refractivity contribution in [3.05, 3.63) is 71.8 Å². The van der Waals surface area contributed by atoms with Gasteiger partial charge < -0.3 is 4.90 Å². The number of amides is 3. The van der Waals surface area contributed by atoms with E-state index < -0.39 is 5.92 Å². The molecule has 2 aromatic carbocycles. The zero-order chi connectivity index (χ0) is 20.2. The fourth-order valence-corrected chi connectivity index (χ4v) is 3.92. The number of nitrogens with zero attached hydrogens (tertiary/aromatic N) is 1. The van der Waals surface area contributed by atoms with Crippen molar-refractivity contribution in [1.29, 1.82) is 0 Å². The molecule has 0 unspecified atom stereocenters. The van der Waals surface area contributed by atoms with E-state index in [2.05, 4.69) is 10.9 Å². The maximum atomic E-state index is 13.0. The predicted octanol–water partition coefficient (Wildman–Crippen LogP) is 2.72. The lowest BCUT2D eigenvalue weighted by molar-refractivity contribution is -0.145. The first-order valence-electron chi connectivity index (χ1n) is 10.1. The molecule has 2 fully saturated rings. The summed E-state index contributed by atoms with van der Waals surface area (Å²) in [7, 11) is 0. The minimum atomic E-state index is -0.432. The van der Waals surface area contributed by atoms with Gasteiger partial charge in [0.25, 0.3) is 0 Å². The van der Waals surface area contributed by atoms with E-state index in [4.69, 9.17) is 0 Å². The van der Waals surface area contributed by atoms with Crippen molar-refractivity contribution in [2.24, 2.45) is 11.8 Å². The first kappa shape index (κ1) is 19.2. The number of carbonyl (C=O) groups excluding carboxylic acids is 3. The summed E-state index contributed by atoms with van der Waals surface area (Å²) in [6.07, 6.45) is 2.51. The Labute approximate surface area is 170 Å². The molecule has 2 aromatic rings. The van der Waals surface area contributed by atoms with Crippen LogP contribution < -0.4 is 10.9 Å². The van der Waals surface area contributed by atoms with Crippen LogP contribution in [-0.2, 0) is 20.9 Å². The Morgan fingerprint density at radius 1 is 0.862 bits per heavy atom. The fourth-order valence-electron chi connectivity index (χ4n) is 3.92. The van der Waals surface area contributed by atoms with Crippen LogP contribution in [0.5, 0.6) is 0 Å². The van der Waals surface area contributed by atoms with Crippen molar-refractivity contribution in [3.8, 4) is 0 Å². The van der Waals surface area contributed by atoms with Crippen molar-refractivity contribution in [3.63, 3.8) is 0 Å². The van der Waals surface area contributed by atoms with E-state index in [1.807, 2.05) is 60.7 Å². The Hall–Kier alpha value is -3.15. The molecular weight excluding hydrogens is 366 g/mol. The van der Waals surface area contributed by atoms with Gasteiger partial charge in [-0.1, -0.05) is 60.7 Å². The van der Waals surface area contributed by atoms with Crippen molar-refractivity contribution in [2.75, 3.05) is 0 Å². The lowest BCUT2D eigenvalue weighted by atomic mass is 9.83. The second kappa shape index (κ2) is 8.47. The maximum absolute atomic E-state index is 13.0. The van der Waals surface area contributed by atoms with Crippen LogP contribution in [0.15, 0.2) is 60.7 Å². The van der Waals surface area contributed by atoms with Crippen LogP contribution in [0.25, 0.3) is 0 Å². The summed E-state index contributed by atoms with van der Waals surface area (Å²) in [5, 5.41) is 0. The zero-order valence-electron chi connectivity index (χ0n) is 16.2. The van der Waals surface area contributed by atoms with E-state index >= 15 is 0 Å². The standard InChI is InChI=1S/C23H25N3O3/c27-20-14-13-19(23(29)25-24-22(28)18-11-12-18)21(17-9-5-2-6-10-17)26(20)15-16-7-3-1-4-8-16/h1-10,18-19,21H,11-15H2,(H,24,28)(H,25,29)/t19-,21+/m1/s1. The smallest absolute Gasteiger partial charge is 0.243 e. The molecule has 2 aliphatic rings. The molecule has 6 nitrogen and oxygen atoms in total. The fraction of sp³-hybridized carbons (Fsp3) is 0.348. The molecule has 4 rings (SSSR count). The van der Waals surface area contributed by atoms with Crippen LogP contribution in [-0.4, -0.2) is 22.6 Å². The summed E-state index contributed by atoms with van der Waals surface area (Å²) in [6, 6.07) is 19.1. The van der Waals surface area contributed by atoms with Crippen molar-refractivity contribution in [1.82, 2.24) is 15.8 Å². The van der Waals surface area contributed by atoms with Gasteiger partial charge in [-0.25, -0.2) is 0 Å². The Kier molecular flexibility index (Phi) is 5.60. The highest BCUT2D eigenvalue weighted by Crippen LogP contribution is 2.38. The average molecular weight is 391 g/mol. The number of hydrazine groups is 1. The molecule has 1 aliphatic carbocycles. The van der Waals surface area contributed by atoms with Crippen LogP contribution in [0.4, 0.5) is 0 Å². The van der Waals surface area contributed by atoms with Crippen LogP contribution >= 0.6 is 0 Å². The van der Waals surface area contributed by atoms with E-state index in [0.29, 0.717) is 19.4 Å². The number of hydrogen-bond acceptors (Lipinski definition) is 3. The minimum Gasteiger partial charge on any atom is -0.331 e. The van der Waals surface area contributed by atoms with Crippen LogP contribution in [0.1, 0.15) is 42.9 Å². The number of carbonyl (C=O) groups is 3. The number of hydrogen-bond donors (Lipinski definition) is 2. The predicted molar refractivity (Wildman–Crippen MR) is 108 cm³/mol. The van der Waals surface area contributed by atoms with Crippen molar-refractivity contribution in [2.45, 2.75) is 38.3 Å². The molecule has 1 heterocycles. The number of likely N-dealkylation sites (tertiary alicyclic amines) is 1. The molecule has 1 saturated carbocycles. The SMILES string of the molecule is O=C(NNC(=O)[C@@H]1CCC(=O)N(Cc2ccccc2)[C@H]1c1ccccc1)C1CC1. The summed E-state index contributed by atoms with van der Waals surface area (Å²) in [5.74, 6) is -0.768. The molecule has 1 saturated heterocycles. The number of rotatable bonds is 5. The summed E-state index contributed by atoms with van der Waals surface area (Å²) >= 11 is 0. The first-order chi connectivity index (χ1) is 14.1. The number of nitrogens with one attached hydrogen (secondary N) is 2. The molecule has 29 heavy (non-hydrogen) atoms. The van der Waals surface area contributed by atoms with Gasteiger partial charge in [-0.15, -0.1) is 0 Å². The molecule has 0 radical (unpaired) electrons. The summed E-state index contributed by atoms with van der Waals surface area (Å²) in [4.78, 5) is 39.5. The van der Waals surface area contributed by atoms with Gasteiger partial charge in [0.15, 0.2) is 0 Å². The lowest BCUT2D eigenvalue weighted by Crippen LogP contribution is -2.51. The van der Waals surface area contributed by atoms with Crippen LogP contribution in [0, 0.1) is 11.8 Å². The van der Waals surface area contributed by atoms with E-state index in [1.54, 1.807) is 4.90 Å². The van der Waals surface area contributed by atoms with Crippen molar-refractivity contribution >= 4 is 17.7 Å². The highest BCUT2D eigenvalue weighted by atomic mass is 16.2. The van der Waals surface area contributed by atoms with Gasteiger partial charge in [-0.3, -0.25) is 25.2 Å². The molecule has 0 bridgehead atoms. The van der Waals surface area contributed by atoms with Gasteiger partial charge in [0.1, 0.15) is 0 Å². The Morgan fingerprint density at radius 2 is 1.48 bits per heavy atom. The summed E-state index contributed by atoms with van der Waals surface area (Å²) in [5.41, 5.74) is 7.08. The molecule has 1 aliphatic heterocycles. The Bertz CT molecular complexity index is 881. The highest BCUT2D eigenvalue weighted by molar-refractivity contribution is 5.88. The zero-order valence-corrected chi connectivity index (χ0v) is 16.2. The van der Waals surface area contributed by atoms with E-state index in [9.17, 15) is 14.4 Å². The lowest BCUT2D eigenvalue weighted by Gasteiger charge is -2.41. The van der Waals surface area contributed by atoms with Gasteiger partial charge in [0.2, 0.25) is 17.7 Å². The average Bonchev–Trinajstić information content (AvgIpc) is 3.60. The van der Waals surface area contributed by atoms with Gasteiger partial charge in [-0.2, -0.15) is 0 Å². The molecular formula is C23H25N3O3. The van der Waals surface area contributed by atoms with E-state index in [-0.39, 0.29) is 29.7 Å². The quantitative estimate of drug-likeness (QED) is 0.770. The molecule has 6 heteroatoms. The molecule has 0 aromatic heterocycles. The Balaban J connectivity index is 1.58. The van der Waals surface area contributed by atoms with Crippen LogP contribution in [0.2, 0.25) is 0 Å². The van der Waals surface area contributed by atoms with E-state index in [1.165, 1.54) is 0 Å². The third kappa shape index (κ3) is 4.47. The topological polar surface area (TPSA) is 78.5 Å². The normalized spacial score (nSPS) is 21.5. The molecule has 150 valence electrons. The minimum absolute atomic E-state index is 0.0164. The molecule has 0 spiro atoms. The number of piperidine rings is 1. The third-order valence-corrected chi connectivity index (χ3v) is 5.64. The van der Waals surface area contributed by atoms with Crippen LogP contribution in [0.3, 0.4) is 0 Å². The second-order valence-corrected chi connectivity index (χ2v) is 7.76. The molecule has 2 N–H and O–H groups in total. The summed E-state index contributed by atoms with van der Waals surface area (Å²) < 4.78 is 0. The van der Waals surface area contributed by atoms with Gasteiger partial charge >= 0.3 is 0 Å². The van der Waals surface area contributed by atoms with Gasteiger partial charge in [0.05, 0.1) is 12.0 Å². The highest BCUT2D eigenvalue weighted by Gasteiger charge is 2.41. The van der Waals surface area contributed by atoms with Crippen molar-refractivity contribution < 1.29 is 14.4 Å². The van der Waals surface area contributed by atoms with E-state index in [0.717, 1.165) is 24.0 Å². The summed E-state index contributed by atoms with van der Waals surface area (Å²) in [6.45, 7) is 0.442.